The SMILES string of the molecule is Cc1cccc(OCC(=O)N/N=C\c2ccccc2C(F)(F)F)c1C. The monoisotopic (exact) mass is 350 g/mol. The minimum atomic E-state index is -4.49. The van der Waals surface area contributed by atoms with Crippen LogP contribution >= 0.6 is 0 Å². The van der Waals surface area contributed by atoms with Gasteiger partial charge in [0.2, 0.25) is 0 Å². The van der Waals surface area contributed by atoms with Gasteiger partial charge in [-0.25, -0.2) is 5.43 Å². The predicted octanol–water partition coefficient (Wildman–Crippen LogP) is 3.85. The average molecular weight is 350 g/mol. The minimum Gasteiger partial charge on any atom is -0.483 e. The molecule has 1 amide bonds. The summed E-state index contributed by atoms with van der Waals surface area (Å²) in [5.41, 5.74) is 3.14. The zero-order chi connectivity index (χ0) is 18.4. The maximum atomic E-state index is 12.8. The molecule has 0 saturated heterocycles. The second-order valence-corrected chi connectivity index (χ2v) is 5.36. The van der Waals surface area contributed by atoms with Gasteiger partial charge in [-0.15, -0.1) is 0 Å². The Morgan fingerprint density at radius 3 is 2.60 bits per heavy atom. The molecule has 132 valence electrons. The van der Waals surface area contributed by atoms with E-state index < -0.39 is 17.6 Å². The van der Waals surface area contributed by atoms with E-state index in [1.807, 2.05) is 26.0 Å². The highest BCUT2D eigenvalue weighted by Gasteiger charge is 2.32. The van der Waals surface area contributed by atoms with Gasteiger partial charge in [0.05, 0.1) is 11.8 Å². The van der Waals surface area contributed by atoms with E-state index in [9.17, 15) is 18.0 Å². The highest BCUT2D eigenvalue weighted by Crippen LogP contribution is 2.31. The second kappa shape index (κ2) is 7.83. The lowest BCUT2D eigenvalue weighted by Gasteiger charge is -2.10. The first kappa shape index (κ1) is 18.5. The molecule has 0 radical (unpaired) electrons. The van der Waals surface area contributed by atoms with Gasteiger partial charge in [0.1, 0.15) is 5.75 Å². The number of aryl methyl sites for hydroxylation is 1. The smallest absolute Gasteiger partial charge is 0.417 e. The number of hydrogen-bond acceptors (Lipinski definition) is 3. The zero-order valence-corrected chi connectivity index (χ0v) is 13.7. The summed E-state index contributed by atoms with van der Waals surface area (Å²) < 4.78 is 43.9. The first-order chi connectivity index (χ1) is 11.8. The molecular formula is C18H17F3N2O2. The van der Waals surface area contributed by atoms with Crippen LogP contribution < -0.4 is 10.2 Å². The van der Waals surface area contributed by atoms with Gasteiger partial charge in [0, 0.05) is 5.56 Å². The van der Waals surface area contributed by atoms with Gasteiger partial charge in [-0.1, -0.05) is 30.3 Å². The summed E-state index contributed by atoms with van der Waals surface area (Å²) >= 11 is 0. The second-order valence-electron chi connectivity index (χ2n) is 5.36. The van der Waals surface area contributed by atoms with Crippen LogP contribution in [0.4, 0.5) is 13.2 Å². The number of amides is 1. The third kappa shape index (κ3) is 5.07. The number of hydrazone groups is 1. The average Bonchev–Trinajstić information content (AvgIpc) is 2.56. The van der Waals surface area contributed by atoms with Crippen molar-refractivity contribution in [1.82, 2.24) is 5.43 Å². The van der Waals surface area contributed by atoms with Crippen LogP contribution in [0, 0.1) is 13.8 Å². The predicted molar refractivity (Wildman–Crippen MR) is 88.6 cm³/mol. The van der Waals surface area contributed by atoms with Crippen LogP contribution in [-0.4, -0.2) is 18.7 Å². The van der Waals surface area contributed by atoms with Gasteiger partial charge in [-0.3, -0.25) is 4.79 Å². The summed E-state index contributed by atoms with van der Waals surface area (Å²) in [7, 11) is 0. The fourth-order valence-corrected chi connectivity index (χ4v) is 2.10. The number of nitrogens with one attached hydrogen (secondary N) is 1. The molecular weight excluding hydrogens is 333 g/mol. The molecule has 25 heavy (non-hydrogen) atoms. The van der Waals surface area contributed by atoms with Crippen molar-refractivity contribution < 1.29 is 22.7 Å². The lowest BCUT2D eigenvalue weighted by molar-refractivity contribution is -0.137. The molecule has 2 aromatic carbocycles. The van der Waals surface area contributed by atoms with E-state index in [0.29, 0.717) is 5.75 Å². The Bertz CT molecular complexity index is 786. The molecule has 0 aromatic heterocycles. The van der Waals surface area contributed by atoms with Crippen molar-refractivity contribution >= 4 is 12.1 Å². The molecule has 0 saturated carbocycles. The first-order valence-electron chi connectivity index (χ1n) is 7.46. The Morgan fingerprint density at radius 1 is 1.16 bits per heavy atom. The zero-order valence-electron chi connectivity index (χ0n) is 13.7. The highest BCUT2D eigenvalue weighted by molar-refractivity contribution is 5.84. The van der Waals surface area contributed by atoms with Gasteiger partial charge in [-0.2, -0.15) is 18.3 Å². The fraction of sp³-hybridized carbons (Fsp3) is 0.222. The minimum absolute atomic E-state index is 0.134. The van der Waals surface area contributed by atoms with E-state index in [2.05, 4.69) is 10.5 Å². The molecule has 0 heterocycles. The van der Waals surface area contributed by atoms with Crippen LogP contribution in [0.2, 0.25) is 0 Å². The van der Waals surface area contributed by atoms with Crippen molar-refractivity contribution in [3.63, 3.8) is 0 Å². The van der Waals surface area contributed by atoms with E-state index >= 15 is 0 Å². The summed E-state index contributed by atoms with van der Waals surface area (Å²) in [6.07, 6.45) is -3.53. The molecule has 2 aromatic rings. The van der Waals surface area contributed by atoms with Gasteiger partial charge < -0.3 is 4.74 Å². The molecule has 0 aliphatic heterocycles. The van der Waals surface area contributed by atoms with Gasteiger partial charge in [-0.05, 0) is 37.1 Å². The van der Waals surface area contributed by atoms with Crippen molar-refractivity contribution in [2.24, 2.45) is 5.10 Å². The van der Waals surface area contributed by atoms with E-state index in [1.165, 1.54) is 18.2 Å². The Hall–Kier alpha value is -2.83. The van der Waals surface area contributed by atoms with Crippen LogP contribution in [0.5, 0.6) is 5.75 Å². The Balaban J connectivity index is 1.94. The first-order valence-corrected chi connectivity index (χ1v) is 7.46. The number of hydrogen-bond donors (Lipinski definition) is 1. The summed E-state index contributed by atoms with van der Waals surface area (Å²) in [6.45, 7) is 3.50. The van der Waals surface area contributed by atoms with Crippen molar-refractivity contribution in [3.8, 4) is 5.75 Å². The summed E-state index contributed by atoms with van der Waals surface area (Å²) in [5.74, 6) is 0.00296. The Labute approximate surface area is 143 Å². The van der Waals surface area contributed by atoms with Crippen molar-refractivity contribution in [2.75, 3.05) is 6.61 Å². The molecule has 0 spiro atoms. The quantitative estimate of drug-likeness (QED) is 0.658. The number of ether oxygens (including phenoxy) is 1. The molecule has 2 rings (SSSR count). The molecule has 4 nitrogen and oxygen atoms in total. The summed E-state index contributed by atoms with van der Waals surface area (Å²) in [6, 6.07) is 10.4. The lowest BCUT2D eigenvalue weighted by Crippen LogP contribution is -2.25. The maximum Gasteiger partial charge on any atom is 0.417 e. The third-order valence-electron chi connectivity index (χ3n) is 3.57. The summed E-state index contributed by atoms with van der Waals surface area (Å²) in [4.78, 5) is 11.7. The molecule has 0 aliphatic carbocycles. The van der Waals surface area contributed by atoms with Gasteiger partial charge in [0.25, 0.3) is 5.91 Å². The molecule has 1 N–H and O–H groups in total. The van der Waals surface area contributed by atoms with E-state index in [4.69, 9.17) is 4.74 Å². The number of alkyl halides is 3. The molecule has 7 heteroatoms. The molecule has 0 bridgehead atoms. The Morgan fingerprint density at radius 2 is 1.88 bits per heavy atom. The van der Waals surface area contributed by atoms with Crippen LogP contribution in [0.25, 0.3) is 0 Å². The van der Waals surface area contributed by atoms with Crippen LogP contribution in [0.1, 0.15) is 22.3 Å². The van der Waals surface area contributed by atoms with E-state index in [1.54, 1.807) is 6.07 Å². The van der Waals surface area contributed by atoms with E-state index in [-0.39, 0.29) is 12.2 Å². The van der Waals surface area contributed by atoms with Gasteiger partial charge >= 0.3 is 6.18 Å². The third-order valence-corrected chi connectivity index (χ3v) is 3.57. The normalized spacial score (nSPS) is 11.6. The molecule has 0 aliphatic rings. The fourth-order valence-electron chi connectivity index (χ4n) is 2.10. The van der Waals surface area contributed by atoms with Crippen molar-refractivity contribution in [2.45, 2.75) is 20.0 Å². The number of nitrogens with zero attached hydrogens (tertiary/aromatic N) is 1. The lowest BCUT2D eigenvalue weighted by atomic mass is 10.1. The molecule has 0 unspecified atom stereocenters. The maximum absolute atomic E-state index is 12.8. The topological polar surface area (TPSA) is 50.7 Å². The van der Waals surface area contributed by atoms with E-state index in [0.717, 1.165) is 23.4 Å². The van der Waals surface area contributed by atoms with Gasteiger partial charge in [0.15, 0.2) is 6.61 Å². The number of benzene rings is 2. The standard InChI is InChI=1S/C18H17F3N2O2/c1-12-6-5-9-16(13(12)2)25-11-17(24)23-22-10-14-7-3-4-8-15(14)18(19,20)21/h3-10H,11H2,1-2H3,(H,23,24)/b22-10-. The van der Waals surface area contributed by atoms with Crippen LogP contribution in [-0.2, 0) is 11.0 Å². The van der Waals surface area contributed by atoms with Crippen molar-refractivity contribution in [1.29, 1.82) is 0 Å². The number of carbonyl (C=O) groups excluding carboxylic acids is 1. The number of halogens is 3. The van der Waals surface area contributed by atoms with Crippen LogP contribution in [0.3, 0.4) is 0 Å². The van der Waals surface area contributed by atoms with Crippen LogP contribution in [0.15, 0.2) is 47.6 Å². The van der Waals surface area contributed by atoms with Crippen molar-refractivity contribution in [3.05, 3.63) is 64.7 Å². The molecule has 0 atom stereocenters. The number of carbonyl (C=O) groups is 1. The molecule has 0 fully saturated rings. The Kier molecular flexibility index (Phi) is 5.80. The highest BCUT2D eigenvalue weighted by atomic mass is 19.4. The largest absolute Gasteiger partial charge is 0.483 e. The summed E-state index contributed by atoms with van der Waals surface area (Å²) in [5, 5.41) is 3.56. The number of rotatable bonds is 5.